The minimum absolute atomic E-state index is 0.259. The second kappa shape index (κ2) is 9.18. The summed E-state index contributed by atoms with van der Waals surface area (Å²) < 4.78 is 21.2. The van der Waals surface area contributed by atoms with Crippen LogP contribution in [0.5, 0.6) is 0 Å². The highest BCUT2D eigenvalue weighted by atomic mass is 127. The van der Waals surface area contributed by atoms with Gasteiger partial charge in [-0.3, -0.25) is 0 Å². The van der Waals surface area contributed by atoms with Crippen molar-refractivity contribution in [1.82, 2.24) is 0 Å². The van der Waals surface area contributed by atoms with Gasteiger partial charge in [-0.15, -0.1) is 0 Å². The number of hydrogen-bond donors (Lipinski definition) is 1. The molecule has 0 fully saturated rings. The molecule has 0 saturated heterocycles. The van der Waals surface area contributed by atoms with Gasteiger partial charge in [0.25, 0.3) is 0 Å². The molecule has 0 aromatic heterocycles. The molecule has 1 aromatic rings. The largest absolute Gasteiger partial charge is 0.232 e. The lowest BCUT2D eigenvalue weighted by Gasteiger charge is -1.97. The molecule has 88 valence electrons. The topological polar surface area (TPSA) is 57.9 Å². The zero-order valence-electron chi connectivity index (χ0n) is 8.61. The second-order valence-corrected chi connectivity index (χ2v) is 6.55. The van der Waals surface area contributed by atoms with Gasteiger partial charge in [0, 0.05) is 12.9 Å². The molecule has 6 heteroatoms. The van der Waals surface area contributed by atoms with E-state index in [0.29, 0.717) is 6.42 Å². The molecule has 0 radical (unpaired) electrons. The summed E-state index contributed by atoms with van der Waals surface area (Å²) in [6.45, 7) is 1.60. The Kier molecular flexibility index (Phi) is 9.25. The fraction of sp³-hybridized carbons (Fsp3) is 0.300. The van der Waals surface area contributed by atoms with Crippen LogP contribution in [0.3, 0.4) is 0 Å². The van der Waals surface area contributed by atoms with Gasteiger partial charge < -0.3 is 0 Å². The monoisotopic (exact) mass is 463 g/mol. The van der Waals surface area contributed by atoms with Crippen molar-refractivity contribution in [1.29, 1.82) is 5.26 Å². The van der Waals surface area contributed by atoms with E-state index in [1.807, 2.05) is 12.1 Å². The Morgan fingerprint density at radius 1 is 1.25 bits per heavy atom. The normalized spacial score (nSPS) is 9.19. The molecule has 0 amide bonds. The maximum atomic E-state index is 9.41. The number of thiol groups is 1. The summed E-state index contributed by atoms with van der Waals surface area (Å²) in [5.74, 6) is 0.259. The van der Waals surface area contributed by atoms with Crippen molar-refractivity contribution in [2.45, 2.75) is 13.3 Å². The minimum Gasteiger partial charge on any atom is -0.232 e. The van der Waals surface area contributed by atoms with Gasteiger partial charge in [0.15, 0.2) is 0 Å². The third-order valence-corrected chi connectivity index (χ3v) is 3.23. The fourth-order valence-corrected chi connectivity index (χ4v) is 2.87. The number of nitriles is 1. The summed E-state index contributed by atoms with van der Waals surface area (Å²) in [4.78, 5) is 0. The van der Waals surface area contributed by atoms with Gasteiger partial charge in [0.1, 0.15) is 10.7 Å². The van der Waals surface area contributed by atoms with Crippen LogP contribution in [-0.4, -0.2) is 14.2 Å². The molecule has 0 heterocycles. The van der Waals surface area contributed by atoms with Gasteiger partial charge in [-0.2, -0.15) is 5.26 Å². The van der Waals surface area contributed by atoms with Gasteiger partial charge in [-0.05, 0) is 68.9 Å². The van der Waals surface area contributed by atoms with Crippen LogP contribution in [0.25, 0.3) is 0 Å². The van der Waals surface area contributed by atoms with Crippen molar-refractivity contribution in [3.8, 4) is 6.07 Å². The molecule has 0 bridgehead atoms. The first-order valence-corrected chi connectivity index (χ1v) is 7.95. The molecular weight excluding hydrogens is 452 g/mol. The van der Waals surface area contributed by atoms with E-state index in [0.717, 1.165) is 5.56 Å². The van der Waals surface area contributed by atoms with Crippen LogP contribution in [0, 0.1) is 18.5 Å². The molecule has 16 heavy (non-hydrogen) atoms. The van der Waals surface area contributed by atoms with E-state index in [4.69, 9.17) is 5.26 Å². The molecule has 0 atom stereocenters. The van der Waals surface area contributed by atoms with Gasteiger partial charge in [0.05, 0.1) is 12.5 Å². The number of nitrogens with zero attached hydrogens (tertiary/aromatic N) is 1. The van der Waals surface area contributed by atoms with Crippen molar-refractivity contribution in [3.05, 3.63) is 30.9 Å². The van der Waals surface area contributed by atoms with Crippen molar-refractivity contribution in [2.75, 3.05) is 5.75 Å². The summed E-state index contributed by atoms with van der Waals surface area (Å²) in [7, 11) is -2.10. The lowest BCUT2D eigenvalue weighted by molar-refractivity contribution is 0.615. The lowest BCUT2D eigenvalue weighted by Crippen LogP contribution is -1.84. The predicted molar refractivity (Wildman–Crippen MR) is 82.0 cm³/mol. The molecule has 3 nitrogen and oxygen atoms in total. The first kappa shape index (κ1) is 16.1. The van der Waals surface area contributed by atoms with Crippen molar-refractivity contribution >= 4 is 55.9 Å². The number of halogens is 2. The SMILES string of the molecule is CC[SH](=O)=O.N#CCc1cc(I)cc(I)c1. The van der Waals surface area contributed by atoms with Crippen molar-refractivity contribution in [2.24, 2.45) is 0 Å². The lowest BCUT2D eigenvalue weighted by atomic mass is 10.2. The summed E-state index contributed by atoms with van der Waals surface area (Å²) >= 11 is 4.51. The van der Waals surface area contributed by atoms with Crippen molar-refractivity contribution in [3.63, 3.8) is 0 Å². The van der Waals surface area contributed by atoms with E-state index < -0.39 is 10.7 Å². The van der Waals surface area contributed by atoms with E-state index in [-0.39, 0.29) is 5.75 Å². The fourth-order valence-electron chi connectivity index (χ4n) is 0.804. The molecule has 0 saturated carbocycles. The quantitative estimate of drug-likeness (QED) is 0.543. The highest BCUT2D eigenvalue weighted by molar-refractivity contribution is 14.1. The van der Waals surface area contributed by atoms with E-state index in [1.54, 1.807) is 6.92 Å². The Bertz CT molecular complexity index is 424. The highest BCUT2D eigenvalue weighted by Crippen LogP contribution is 2.14. The molecule has 0 N–H and O–H groups in total. The molecular formula is C10H11I2NO2S. The number of hydrogen-bond acceptors (Lipinski definition) is 3. The smallest absolute Gasteiger partial charge is 0.139 e. The average molecular weight is 463 g/mol. The second-order valence-electron chi connectivity index (χ2n) is 2.76. The van der Waals surface area contributed by atoms with Crippen LogP contribution >= 0.6 is 45.2 Å². The number of rotatable bonds is 2. The van der Waals surface area contributed by atoms with Gasteiger partial charge in [-0.25, -0.2) is 8.42 Å². The van der Waals surface area contributed by atoms with Gasteiger partial charge in [-0.1, -0.05) is 6.92 Å². The van der Waals surface area contributed by atoms with Gasteiger partial charge in [0.2, 0.25) is 0 Å². The zero-order chi connectivity index (χ0) is 12.6. The van der Waals surface area contributed by atoms with E-state index in [2.05, 4.69) is 57.3 Å². The maximum Gasteiger partial charge on any atom is 0.139 e. The molecule has 0 aliphatic rings. The summed E-state index contributed by atoms with van der Waals surface area (Å²) in [6, 6.07) is 8.28. The molecule has 0 aliphatic carbocycles. The third kappa shape index (κ3) is 8.29. The zero-order valence-corrected chi connectivity index (χ0v) is 13.8. The predicted octanol–water partition coefficient (Wildman–Crippen LogP) is 2.58. The van der Waals surface area contributed by atoms with E-state index >= 15 is 0 Å². The van der Waals surface area contributed by atoms with Crippen LogP contribution in [-0.2, 0) is 17.1 Å². The summed E-state index contributed by atoms with van der Waals surface area (Å²) in [5.41, 5.74) is 1.10. The van der Waals surface area contributed by atoms with Crippen LogP contribution < -0.4 is 0 Å². The first-order valence-electron chi connectivity index (χ1n) is 4.43. The molecule has 0 aliphatic heterocycles. The van der Waals surface area contributed by atoms with Crippen LogP contribution in [0.15, 0.2) is 18.2 Å². The van der Waals surface area contributed by atoms with Gasteiger partial charge >= 0.3 is 0 Å². The summed E-state index contributed by atoms with van der Waals surface area (Å²) in [6.07, 6.45) is 0.507. The Balaban J connectivity index is 0.000000385. The molecule has 0 unspecified atom stereocenters. The average Bonchev–Trinajstić information content (AvgIpc) is 2.17. The van der Waals surface area contributed by atoms with Crippen molar-refractivity contribution < 1.29 is 8.42 Å². The standard InChI is InChI=1S/C8H5I2N.C2H6O2S/c9-7-3-6(1-2-11)4-8(10)5-7;1-2-5(3)4/h3-5H,1H2;5H,2H2,1H3. The molecule has 0 spiro atoms. The van der Waals surface area contributed by atoms with Crippen LogP contribution in [0.1, 0.15) is 12.5 Å². The minimum atomic E-state index is -2.10. The van der Waals surface area contributed by atoms with Crippen LogP contribution in [0.2, 0.25) is 0 Å². The molecule has 1 rings (SSSR count). The highest BCUT2D eigenvalue weighted by Gasteiger charge is 1.95. The van der Waals surface area contributed by atoms with Crippen LogP contribution in [0.4, 0.5) is 0 Å². The van der Waals surface area contributed by atoms with E-state index in [1.165, 1.54) is 7.14 Å². The Morgan fingerprint density at radius 3 is 2.00 bits per heavy atom. The van der Waals surface area contributed by atoms with E-state index in [9.17, 15) is 8.42 Å². The first-order chi connectivity index (χ1) is 7.49. The third-order valence-electron chi connectivity index (χ3n) is 1.46. The Hall–Kier alpha value is 0.120. The number of benzene rings is 1. The maximum absolute atomic E-state index is 9.41. The summed E-state index contributed by atoms with van der Waals surface area (Å²) in [5, 5.41) is 8.45. The molecule has 1 aromatic carbocycles. The Labute approximate surface area is 124 Å². The Morgan fingerprint density at radius 2 is 1.69 bits per heavy atom.